The SMILES string of the molecule is NNc1ccc(Cn2ccnc2)cn1. The molecule has 2 aromatic rings. The molecule has 0 amide bonds. The van der Waals surface area contributed by atoms with Crippen molar-refractivity contribution in [3.05, 3.63) is 42.6 Å². The van der Waals surface area contributed by atoms with Crippen molar-refractivity contribution in [1.82, 2.24) is 14.5 Å². The number of pyridine rings is 1. The predicted molar refractivity (Wildman–Crippen MR) is 53.4 cm³/mol. The number of aromatic nitrogens is 3. The van der Waals surface area contributed by atoms with Crippen molar-refractivity contribution in [1.29, 1.82) is 0 Å². The zero-order valence-electron chi connectivity index (χ0n) is 7.59. The Balaban J connectivity index is 2.10. The van der Waals surface area contributed by atoms with Crippen molar-refractivity contribution >= 4 is 5.82 Å². The second-order valence-corrected chi connectivity index (χ2v) is 2.93. The van der Waals surface area contributed by atoms with E-state index in [9.17, 15) is 0 Å². The van der Waals surface area contributed by atoms with Crippen LogP contribution in [0.5, 0.6) is 0 Å². The second kappa shape index (κ2) is 3.89. The third-order valence-corrected chi connectivity index (χ3v) is 1.90. The van der Waals surface area contributed by atoms with E-state index >= 15 is 0 Å². The van der Waals surface area contributed by atoms with Gasteiger partial charge in [0.05, 0.1) is 6.33 Å². The summed E-state index contributed by atoms with van der Waals surface area (Å²) in [6.07, 6.45) is 7.22. The average molecular weight is 189 g/mol. The molecule has 0 aliphatic carbocycles. The van der Waals surface area contributed by atoms with Gasteiger partial charge in [0.25, 0.3) is 0 Å². The van der Waals surface area contributed by atoms with E-state index < -0.39 is 0 Å². The smallest absolute Gasteiger partial charge is 0.139 e. The largest absolute Gasteiger partial charge is 0.333 e. The molecule has 14 heavy (non-hydrogen) atoms. The van der Waals surface area contributed by atoms with E-state index in [0.717, 1.165) is 12.1 Å². The lowest BCUT2D eigenvalue weighted by Crippen LogP contribution is -2.08. The molecule has 0 aliphatic rings. The van der Waals surface area contributed by atoms with Crippen LogP contribution in [-0.2, 0) is 6.54 Å². The number of hydrogen-bond donors (Lipinski definition) is 2. The minimum Gasteiger partial charge on any atom is -0.333 e. The summed E-state index contributed by atoms with van der Waals surface area (Å²) in [5.74, 6) is 5.87. The summed E-state index contributed by atoms with van der Waals surface area (Å²) in [6.45, 7) is 0.776. The highest BCUT2D eigenvalue weighted by molar-refractivity contribution is 5.33. The normalized spacial score (nSPS) is 10.1. The van der Waals surface area contributed by atoms with Crippen LogP contribution in [0, 0.1) is 0 Å². The van der Waals surface area contributed by atoms with Gasteiger partial charge in [-0.3, -0.25) is 0 Å². The summed E-state index contributed by atoms with van der Waals surface area (Å²) in [5.41, 5.74) is 3.60. The van der Waals surface area contributed by atoms with Crippen molar-refractivity contribution in [2.75, 3.05) is 5.43 Å². The lowest BCUT2D eigenvalue weighted by molar-refractivity contribution is 0.793. The minimum absolute atomic E-state index is 0.666. The number of hydrazine groups is 1. The van der Waals surface area contributed by atoms with Crippen LogP contribution >= 0.6 is 0 Å². The van der Waals surface area contributed by atoms with Crippen LogP contribution in [0.15, 0.2) is 37.1 Å². The Bertz CT molecular complexity index is 378. The molecule has 3 N–H and O–H groups in total. The van der Waals surface area contributed by atoms with Crippen LogP contribution in [0.3, 0.4) is 0 Å². The Labute approximate surface area is 81.6 Å². The molecule has 5 heteroatoms. The summed E-state index contributed by atoms with van der Waals surface area (Å²) in [6, 6.07) is 3.81. The van der Waals surface area contributed by atoms with E-state index in [1.54, 1.807) is 18.7 Å². The van der Waals surface area contributed by atoms with E-state index in [0.29, 0.717) is 5.82 Å². The van der Waals surface area contributed by atoms with E-state index in [1.807, 2.05) is 22.9 Å². The molecule has 0 aromatic carbocycles. The Morgan fingerprint density at radius 1 is 1.43 bits per heavy atom. The molecule has 0 fully saturated rings. The highest BCUT2D eigenvalue weighted by Crippen LogP contribution is 2.05. The summed E-state index contributed by atoms with van der Waals surface area (Å²) in [4.78, 5) is 8.07. The van der Waals surface area contributed by atoms with Gasteiger partial charge < -0.3 is 9.99 Å². The van der Waals surface area contributed by atoms with E-state index in [2.05, 4.69) is 15.4 Å². The molecule has 72 valence electrons. The molecule has 2 aromatic heterocycles. The third kappa shape index (κ3) is 1.89. The van der Waals surface area contributed by atoms with E-state index in [4.69, 9.17) is 5.84 Å². The highest BCUT2D eigenvalue weighted by atomic mass is 15.2. The maximum Gasteiger partial charge on any atom is 0.139 e. The molecule has 0 atom stereocenters. The minimum atomic E-state index is 0.666. The first-order chi connectivity index (χ1) is 6.88. The number of rotatable bonds is 3. The molecular formula is C9H11N5. The molecule has 0 unspecified atom stereocenters. The Morgan fingerprint density at radius 2 is 2.36 bits per heavy atom. The van der Waals surface area contributed by atoms with E-state index in [-0.39, 0.29) is 0 Å². The van der Waals surface area contributed by atoms with Gasteiger partial charge in [-0.25, -0.2) is 15.8 Å². The zero-order valence-corrected chi connectivity index (χ0v) is 7.59. The number of hydrogen-bond acceptors (Lipinski definition) is 4. The van der Waals surface area contributed by atoms with Crippen molar-refractivity contribution in [3.63, 3.8) is 0 Å². The Kier molecular flexibility index (Phi) is 2.42. The van der Waals surface area contributed by atoms with Gasteiger partial charge in [-0.2, -0.15) is 0 Å². The average Bonchev–Trinajstić information content (AvgIpc) is 2.72. The van der Waals surface area contributed by atoms with Gasteiger partial charge >= 0.3 is 0 Å². The van der Waals surface area contributed by atoms with Crippen LogP contribution in [0.1, 0.15) is 5.56 Å². The molecule has 2 heterocycles. The van der Waals surface area contributed by atoms with Crippen LogP contribution in [0.2, 0.25) is 0 Å². The zero-order chi connectivity index (χ0) is 9.80. The molecule has 0 radical (unpaired) electrons. The van der Waals surface area contributed by atoms with Gasteiger partial charge in [-0.05, 0) is 11.6 Å². The number of nitrogens with one attached hydrogen (secondary N) is 1. The van der Waals surface area contributed by atoms with Crippen molar-refractivity contribution in [2.24, 2.45) is 5.84 Å². The first kappa shape index (κ1) is 8.71. The van der Waals surface area contributed by atoms with Crippen LogP contribution in [0.25, 0.3) is 0 Å². The topological polar surface area (TPSA) is 68.8 Å². The summed E-state index contributed by atoms with van der Waals surface area (Å²) >= 11 is 0. The molecule has 0 saturated heterocycles. The quantitative estimate of drug-likeness (QED) is 0.548. The fourth-order valence-corrected chi connectivity index (χ4v) is 1.19. The van der Waals surface area contributed by atoms with Crippen LogP contribution in [-0.4, -0.2) is 14.5 Å². The second-order valence-electron chi connectivity index (χ2n) is 2.93. The summed E-state index contributed by atoms with van der Waals surface area (Å²) in [7, 11) is 0. The lowest BCUT2D eigenvalue weighted by atomic mass is 10.3. The molecule has 0 aliphatic heterocycles. The number of nitrogen functional groups attached to an aromatic ring is 1. The lowest BCUT2D eigenvalue weighted by Gasteiger charge is -2.03. The number of imidazole rings is 1. The van der Waals surface area contributed by atoms with Gasteiger partial charge in [-0.15, -0.1) is 0 Å². The highest BCUT2D eigenvalue weighted by Gasteiger charge is 1.95. The fraction of sp³-hybridized carbons (Fsp3) is 0.111. The third-order valence-electron chi connectivity index (χ3n) is 1.90. The van der Waals surface area contributed by atoms with Crippen molar-refractivity contribution < 1.29 is 0 Å². The van der Waals surface area contributed by atoms with Gasteiger partial charge in [-0.1, -0.05) is 6.07 Å². The van der Waals surface area contributed by atoms with Crippen LogP contribution in [0.4, 0.5) is 5.82 Å². The first-order valence-corrected chi connectivity index (χ1v) is 4.26. The summed E-state index contributed by atoms with van der Waals surface area (Å²) < 4.78 is 1.98. The number of nitrogens with two attached hydrogens (primary N) is 1. The maximum absolute atomic E-state index is 5.21. The molecule has 5 nitrogen and oxygen atoms in total. The Morgan fingerprint density at radius 3 is 2.93 bits per heavy atom. The molecular weight excluding hydrogens is 178 g/mol. The molecule has 0 bridgehead atoms. The van der Waals surface area contributed by atoms with Crippen molar-refractivity contribution in [2.45, 2.75) is 6.54 Å². The first-order valence-electron chi connectivity index (χ1n) is 4.26. The van der Waals surface area contributed by atoms with Gasteiger partial charge in [0, 0.05) is 25.1 Å². The number of anilines is 1. The number of nitrogens with zero attached hydrogens (tertiary/aromatic N) is 3. The molecule has 2 rings (SSSR count). The van der Waals surface area contributed by atoms with E-state index in [1.165, 1.54) is 0 Å². The molecule has 0 saturated carbocycles. The predicted octanol–water partition coefficient (Wildman–Crippen LogP) is 0.612. The van der Waals surface area contributed by atoms with Gasteiger partial charge in [0.2, 0.25) is 0 Å². The Hall–Kier alpha value is -1.88. The summed E-state index contributed by atoms with van der Waals surface area (Å²) in [5, 5.41) is 0. The maximum atomic E-state index is 5.21. The fourth-order valence-electron chi connectivity index (χ4n) is 1.19. The standard InChI is InChI=1S/C9H11N5/c10-13-9-2-1-8(5-12-9)6-14-4-3-11-7-14/h1-5,7H,6,10H2,(H,12,13). The monoisotopic (exact) mass is 189 g/mol. The van der Waals surface area contributed by atoms with Crippen LogP contribution < -0.4 is 11.3 Å². The van der Waals surface area contributed by atoms with Crippen molar-refractivity contribution in [3.8, 4) is 0 Å². The van der Waals surface area contributed by atoms with Gasteiger partial charge in [0.1, 0.15) is 5.82 Å². The van der Waals surface area contributed by atoms with Gasteiger partial charge in [0.15, 0.2) is 0 Å². The molecule has 0 spiro atoms.